The molecule has 0 radical (unpaired) electrons. The lowest BCUT2D eigenvalue weighted by atomic mass is 9.93. The highest BCUT2D eigenvalue weighted by molar-refractivity contribution is 5.40. The number of nitrogens with one attached hydrogen (secondary N) is 1. The Morgan fingerprint density at radius 1 is 1.40 bits per heavy atom. The number of para-hydroxylation sites is 1. The van der Waals surface area contributed by atoms with Gasteiger partial charge in [-0.05, 0) is 38.2 Å². The minimum Gasteiger partial charge on any atom is -0.490 e. The number of benzene rings is 1. The molecule has 1 atom stereocenters. The molecule has 0 aliphatic heterocycles. The van der Waals surface area contributed by atoms with Gasteiger partial charge < -0.3 is 15.2 Å². The fourth-order valence-electron chi connectivity index (χ4n) is 1.99. The third-order valence-corrected chi connectivity index (χ3v) is 4.20. The van der Waals surface area contributed by atoms with E-state index in [1.165, 1.54) is 18.4 Å². The molecule has 1 aliphatic carbocycles. The Bertz CT molecular complexity index is 450. The molecular weight excluding hydrogens is 250 g/mol. The van der Waals surface area contributed by atoms with E-state index in [0.717, 1.165) is 17.9 Å². The molecule has 0 amide bonds. The molecule has 0 spiro atoms. The van der Waals surface area contributed by atoms with Gasteiger partial charge >= 0.3 is 0 Å². The van der Waals surface area contributed by atoms with Crippen molar-refractivity contribution < 1.29 is 9.84 Å². The molecule has 1 saturated carbocycles. The smallest absolute Gasteiger partial charge is 0.126 e. The van der Waals surface area contributed by atoms with Gasteiger partial charge in [0, 0.05) is 18.2 Å². The van der Waals surface area contributed by atoms with Crippen molar-refractivity contribution in [1.82, 2.24) is 5.32 Å². The van der Waals surface area contributed by atoms with E-state index in [2.05, 4.69) is 30.4 Å². The lowest BCUT2D eigenvalue weighted by molar-refractivity contribution is -0.0270. The van der Waals surface area contributed by atoms with Gasteiger partial charge in [-0.15, -0.1) is 0 Å². The van der Waals surface area contributed by atoms with Gasteiger partial charge in [0.2, 0.25) is 0 Å². The first-order chi connectivity index (χ1) is 9.40. The van der Waals surface area contributed by atoms with E-state index < -0.39 is 5.60 Å². The summed E-state index contributed by atoms with van der Waals surface area (Å²) in [5.41, 5.74) is 1.50. The van der Waals surface area contributed by atoms with Crippen LogP contribution in [-0.4, -0.2) is 23.4 Å². The van der Waals surface area contributed by atoms with E-state index in [9.17, 15) is 5.11 Å². The fourth-order valence-corrected chi connectivity index (χ4v) is 1.99. The van der Waals surface area contributed by atoms with Gasteiger partial charge in [0.25, 0.3) is 0 Å². The maximum absolute atomic E-state index is 10.3. The summed E-state index contributed by atoms with van der Waals surface area (Å²) < 4.78 is 5.96. The van der Waals surface area contributed by atoms with Crippen LogP contribution >= 0.6 is 0 Å². The molecule has 0 saturated heterocycles. The molecular formula is C17H27NO2. The Kier molecular flexibility index (Phi) is 4.71. The van der Waals surface area contributed by atoms with Crippen LogP contribution in [0.4, 0.5) is 0 Å². The quantitative estimate of drug-likeness (QED) is 0.805. The number of rotatable bonds is 7. The molecule has 0 bridgehead atoms. The summed E-state index contributed by atoms with van der Waals surface area (Å²) >= 11 is 0. The lowest BCUT2D eigenvalue weighted by Gasteiger charge is -2.28. The molecule has 0 aromatic heterocycles. The summed E-state index contributed by atoms with van der Waals surface area (Å²) in [5, 5.41) is 13.8. The summed E-state index contributed by atoms with van der Waals surface area (Å²) in [6.45, 7) is 9.07. The van der Waals surface area contributed by atoms with Crippen molar-refractivity contribution >= 4 is 0 Å². The minimum absolute atomic E-state index is 0.166. The molecule has 3 heteroatoms. The van der Waals surface area contributed by atoms with Gasteiger partial charge in [-0.25, -0.2) is 0 Å². The Labute approximate surface area is 122 Å². The third kappa shape index (κ3) is 3.97. The average molecular weight is 277 g/mol. The number of aryl methyl sites for hydroxylation is 1. The third-order valence-electron chi connectivity index (χ3n) is 4.20. The molecule has 1 aliphatic rings. The van der Waals surface area contributed by atoms with Crippen LogP contribution in [0.3, 0.4) is 0 Å². The van der Waals surface area contributed by atoms with E-state index in [1.54, 1.807) is 0 Å². The maximum Gasteiger partial charge on any atom is 0.126 e. The molecule has 1 unspecified atom stereocenters. The number of hydrogen-bond acceptors (Lipinski definition) is 3. The predicted molar refractivity (Wildman–Crippen MR) is 82.0 cm³/mol. The van der Waals surface area contributed by atoms with Gasteiger partial charge in [0.15, 0.2) is 0 Å². The zero-order chi connectivity index (χ0) is 14.8. The molecule has 0 heterocycles. The van der Waals surface area contributed by atoms with Crippen molar-refractivity contribution in [3.8, 4) is 5.75 Å². The topological polar surface area (TPSA) is 41.5 Å². The van der Waals surface area contributed by atoms with Gasteiger partial charge in [-0.3, -0.25) is 0 Å². The highest BCUT2D eigenvalue weighted by Gasteiger charge is 2.27. The highest BCUT2D eigenvalue weighted by atomic mass is 16.5. The van der Waals surface area contributed by atoms with Crippen LogP contribution < -0.4 is 10.1 Å². The second-order valence-corrected chi connectivity index (χ2v) is 6.52. The van der Waals surface area contributed by atoms with E-state index in [4.69, 9.17) is 4.74 Å². The first kappa shape index (κ1) is 15.3. The van der Waals surface area contributed by atoms with Crippen LogP contribution in [-0.2, 0) is 6.54 Å². The monoisotopic (exact) mass is 277 g/mol. The molecule has 1 aromatic rings. The predicted octanol–water partition coefficient (Wildman–Crippen LogP) is 3.03. The molecule has 2 rings (SSSR count). The Balaban J connectivity index is 2.04. The Morgan fingerprint density at radius 2 is 2.10 bits per heavy atom. The lowest BCUT2D eigenvalue weighted by Crippen LogP contribution is -2.38. The Morgan fingerprint density at radius 3 is 2.70 bits per heavy atom. The van der Waals surface area contributed by atoms with E-state index >= 15 is 0 Å². The van der Waals surface area contributed by atoms with Crippen molar-refractivity contribution in [3.63, 3.8) is 0 Å². The average Bonchev–Trinajstić information content (AvgIpc) is 3.19. The van der Waals surface area contributed by atoms with Gasteiger partial charge in [0.1, 0.15) is 12.4 Å². The van der Waals surface area contributed by atoms with Crippen LogP contribution in [0.2, 0.25) is 0 Å². The van der Waals surface area contributed by atoms with Crippen molar-refractivity contribution in [2.75, 3.05) is 6.61 Å². The van der Waals surface area contributed by atoms with Gasteiger partial charge in [-0.1, -0.05) is 32.0 Å². The minimum atomic E-state index is -0.802. The summed E-state index contributed by atoms with van der Waals surface area (Å²) in [5.74, 6) is 1.08. The number of ether oxygens (including phenoxy) is 1. The summed E-state index contributed by atoms with van der Waals surface area (Å²) in [4.78, 5) is 0. The Hall–Kier alpha value is -1.06. The van der Waals surface area contributed by atoms with Crippen molar-refractivity contribution in [2.45, 2.75) is 58.7 Å². The van der Waals surface area contributed by atoms with Crippen LogP contribution in [0.15, 0.2) is 18.2 Å². The fraction of sp³-hybridized carbons (Fsp3) is 0.647. The first-order valence-electron chi connectivity index (χ1n) is 7.57. The second-order valence-electron chi connectivity index (χ2n) is 6.52. The van der Waals surface area contributed by atoms with E-state index in [-0.39, 0.29) is 5.92 Å². The standard InChI is InChI=1S/C17H27NO2/c1-12(2)17(4,19)11-20-16-13(3)6-5-7-14(16)10-18-15-8-9-15/h5-7,12,15,18-19H,8-11H2,1-4H3. The number of hydrogen-bond donors (Lipinski definition) is 2. The molecule has 1 aromatic carbocycles. The van der Waals surface area contributed by atoms with Crippen LogP contribution in [0, 0.1) is 12.8 Å². The maximum atomic E-state index is 10.3. The first-order valence-corrected chi connectivity index (χ1v) is 7.57. The summed E-state index contributed by atoms with van der Waals surface area (Å²) in [7, 11) is 0. The molecule has 112 valence electrons. The number of aliphatic hydroxyl groups is 1. The van der Waals surface area contributed by atoms with Crippen molar-refractivity contribution in [2.24, 2.45) is 5.92 Å². The van der Waals surface area contributed by atoms with Crippen molar-refractivity contribution in [3.05, 3.63) is 29.3 Å². The van der Waals surface area contributed by atoms with Crippen LogP contribution in [0.5, 0.6) is 5.75 Å². The SMILES string of the molecule is Cc1cccc(CNC2CC2)c1OCC(C)(O)C(C)C. The van der Waals surface area contributed by atoms with Gasteiger partial charge in [-0.2, -0.15) is 0 Å². The van der Waals surface area contributed by atoms with E-state index in [0.29, 0.717) is 12.6 Å². The highest BCUT2D eigenvalue weighted by Crippen LogP contribution is 2.27. The zero-order valence-corrected chi connectivity index (χ0v) is 13.1. The summed E-state index contributed by atoms with van der Waals surface area (Å²) in [6, 6.07) is 6.90. The molecule has 1 fully saturated rings. The van der Waals surface area contributed by atoms with Crippen LogP contribution in [0.25, 0.3) is 0 Å². The molecule has 2 N–H and O–H groups in total. The van der Waals surface area contributed by atoms with Gasteiger partial charge in [0.05, 0.1) is 5.60 Å². The van der Waals surface area contributed by atoms with Crippen molar-refractivity contribution in [1.29, 1.82) is 0 Å². The second kappa shape index (κ2) is 6.15. The summed E-state index contributed by atoms with van der Waals surface area (Å²) in [6.07, 6.45) is 2.56. The molecule has 20 heavy (non-hydrogen) atoms. The molecule has 3 nitrogen and oxygen atoms in total. The zero-order valence-electron chi connectivity index (χ0n) is 13.1. The van der Waals surface area contributed by atoms with Crippen LogP contribution in [0.1, 0.15) is 44.7 Å². The normalized spacial score (nSPS) is 18.1. The van der Waals surface area contributed by atoms with E-state index in [1.807, 2.05) is 20.8 Å². The largest absolute Gasteiger partial charge is 0.490 e.